The monoisotopic (exact) mass is 181 g/mol. The van der Waals surface area contributed by atoms with Gasteiger partial charge >= 0.3 is 6.18 Å². The molecular formula is C8H14F3N. The van der Waals surface area contributed by atoms with E-state index >= 15 is 0 Å². The highest BCUT2D eigenvalue weighted by Gasteiger charge is 2.57. The molecule has 0 aliphatic heterocycles. The Morgan fingerprint density at radius 1 is 1.08 bits per heavy atom. The lowest BCUT2D eigenvalue weighted by atomic mass is 9.95. The second-order valence-electron chi connectivity index (χ2n) is 3.63. The third-order valence-electron chi connectivity index (χ3n) is 2.81. The van der Waals surface area contributed by atoms with Crippen molar-refractivity contribution in [2.45, 2.75) is 37.4 Å². The van der Waals surface area contributed by atoms with Gasteiger partial charge in [0.1, 0.15) is 5.54 Å². The van der Waals surface area contributed by atoms with Gasteiger partial charge in [0.2, 0.25) is 0 Å². The van der Waals surface area contributed by atoms with Crippen LogP contribution in [0.3, 0.4) is 0 Å². The number of rotatable bonds is 1. The molecule has 0 atom stereocenters. The molecule has 1 rings (SSSR count). The van der Waals surface area contributed by atoms with Crippen LogP contribution in [0, 0.1) is 0 Å². The van der Waals surface area contributed by atoms with Crippen LogP contribution in [0.2, 0.25) is 0 Å². The minimum absolute atomic E-state index is 0.253. The second kappa shape index (κ2) is 2.91. The van der Waals surface area contributed by atoms with Crippen LogP contribution in [0.5, 0.6) is 0 Å². The topological polar surface area (TPSA) is 3.24 Å². The van der Waals surface area contributed by atoms with Gasteiger partial charge in [0.25, 0.3) is 0 Å². The van der Waals surface area contributed by atoms with Crippen LogP contribution in [0.1, 0.15) is 25.7 Å². The normalized spacial score (nSPS) is 23.5. The fourth-order valence-corrected chi connectivity index (χ4v) is 1.94. The predicted octanol–water partition coefficient (Wildman–Crippen LogP) is 2.42. The van der Waals surface area contributed by atoms with Crippen molar-refractivity contribution in [2.24, 2.45) is 0 Å². The van der Waals surface area contributed by atoms with Crippen LogP contribution in [0.25, 0.3) is 0 Å². The van der Waals surface area contributed by atoms with Crippen LogP contribution in [-0.4, -0.2) is 30.7 Å². The maximum Gasteiger partial charge on any atom is 0.406 e. The highest BCUT2D eigenvalue weighted by molar-refractivity contribution is 4.98. The maximum atomic E-state index is 12.6. The Hall–Kier alpha value is -0.250. The molecule has 0 aromatic heterocycles. The number of nitrogens with zero attached hydrogens (tertiary/aromatic N) is 1. The molecule has 72 valence electrons. The number of halogens is 3. The first kappa shape index (κ1) is 9.84. The van der Waals surface area contributed by atoms with E-state index in [1.165, 1.54) is 19.0 Å². The summed E-state index contributed by atoms with van der Waals surface area (Å²) in [6.07, 6.45) is -2.19. The molecule has 0 unspecified atom stereocenters. The molecule has 1 nitrogen and oxygen atoms in total. The van der Waals surface area contributed by atoms with E-state index in [9.17, 15) is 13.2 Å². The Morgan fingerprint density at radius 3 is 1.67 bits per heavy atom. The van der Waals surface area contributed by atoms with Crippen molar-refractivity contribution in [3.05, 3.63) is 0 Å². The molecule has 1 saturated carbocycles. The van der Waals surface area contributed by atoms with Crippen molar-refractivity contribution in [3.63, 3.8) is 0 Å². The summed E-state index contributed by atoms with van der Waals surface area (Å²) >= 11 is 0. The molecule has 0 bridgehead atoms. The summed E-state index contributed by atoms with van der Waals surface area (Å²) in [7, 11) is 3.03. The van der Waals surface area contributed by atoms with Gasteiger partial charge in [-0.05, 0) is 26.9 Å². The van der Waals surface area contributed by atoms with Gasteiger partial charge in [-0.3, -0.25) is 4.90 Å². The van der Waals surface area contributed by atoms with E-state index in [4.69, 9.17) is 0 Å². The summed E-state index contributed by atoms with van der Waals surface area (Å²) in [6.45, 7) is 0. The van der Waals surface area contributed by atoms with Crippen molar-refractivity contribution in [1.82, 2.24) is 4.90 Å². The van der Waals surface area contributed by atoms with Crippen LogP contribution < -0.4 is 0 Å². The van der Waals surface area contributed by atoms with Gasteiger partial charge < -0.3 is 0 Å². The quantitative estimate of drug-likeness (QED) is 0.600. The van der Waals surface area contributed by atoms with E-state index < -0.39 is 11.7 Å². The Bertz CT molecular complexity index is 156. The summed E-state index contributed by atoms with van der Waals surface area (Å²) in [5.41, 5.74) is -1.53. The summed E-state index contributed by atoms with van der Waals surface area (Å²) in [4.78, 5) is 1.32. The van der Waals surface area contributed by atoms with Crippen molar-refractivity contribution < 1.29 is 13.2 Å². The van der Waals surface area contributed by atoms with E-state index in [0.717, 1.165) is 0 Å². The average Bonchev–Trinajstić information content (AvgIpc) is 2.31. The first-order valence-electron chi connectivity index (χ1n) is 4.14. The molecule has 0 saturated heterocycles. The summed E-state index contributed by atoms with van der Waals surface area (Å²) in [6, 6.07) is 0. The van der Waals surface area contributed by atoms with E-state index in [1.54, 1.807) is 0 Å². The van der Waals surface area contributed by atoms with Crippen molar-refractivity contribution in [1.29, 1.82) is 0 Å². The molecule has 0 N–H and O–H groups in total. The van der Waals surface area contributed by atoms with Crippen LogP contribution in [0.15, 0.2) is 0 Å². The van der Waals surface area contributed by atoms with Gasteiger partial charge in [0.15, 0.2) is 0 Å². The first-order valence-corrected chi connectivity index (χ1v) is 4.14. The Balaban J connectivity index is 2.87. The standard InChI is InChI=1S/C8H14F3N/c1-12(2)7(8(9,10)11)5-3-4-6-7/h3-6H2,1-2H3. The molecule has 0 heterocycles. The minimum Gasteiger partial charge on any atom is -0.296 e. The molecule has 1 aliphatic rings. The van der Waals surface area contributed by atoms with E-state index in [0.29, 0.717) is 12.8 Å². The maximum absolute atomic E-state index is 12.6. The lowest BCUT2D eigenvalue weighted by Gasteiger charge is -2.37. The van der Waals surface area contributed by atoms with Gasteiger partial charge in [-0.15, -0.1) is 0 Å². The van der Waals surface area contributed by atoms with E-state index in [2.05, 4.69) is 0 Å². The summed E-state index contributed by atoms with van der Waals surface area (Å²) in [5, 5.41) is 0. The highest BCUT2D eigenvalue weighted by Crippen LogP contribution is 2.45. The third kappa shape index (κ3) is 1.32. The molecule has 12 heavy (non-hydrogen) atoms. The number of hydrogen-bond acceptors (Lipinski definition) is 1. The predicted molar refractivity (Wildman–Crippen MR) is 40.9 cm³/mol. The van der Waals surface area contributed by atoms with Gasteiger partial charge in [0.05, 0.1) is 0 Å². The molecule has 0 amide bonds. The fourth-order valence-electron chi connectivity index (χ4n) is 1.94. The molecule has 0 spiro atoms. The first-order chi connectivity index (χ1) is 5.40. The van der Waals surface area contributed by atoms with Crippen molar-refractivity contribution in [3.8, 4) is 0 Å². The van der Waals surface area contributed by atoms with Crippen molar-refractivity contribution in [2.75, 3.05) is 14.1 Å². The molecule has 1 aliphatic carbocycles. The summed E-state index contributed by atoms with van der Waals surface area (Å²) < 4.78 is 37.9. The Labute approximate surface area is 70.5 Å². The minimum atomic E-state index is -4.08. The van der Waals surface area contributed by atoms with Gasteiger partial charge in [-0.25, -0.2) is 0 Å². The van der Waals surface area contributed by atoms with E-state index in [-0.39, 0.29) is 12.8 Å². The van der Waals surface area contributed by atoms with Gasteiger partial charge in [0, 0.05) is 0 Å². The lowest BCUT2D eigenvalue weighted by molar-refractivity contribution is -0.222. The smallest absolute Gasteiger partial charge is 0.296 e. The Kier molecular flexibility index (Phi) is 2.38. The highest BCUT2D eigenvalue weighted by atomic mass is 19.4. The molecule has 1 fully saturated rings. The zero-order valence-electron chi connectivity index (χ0n) is 7.41. The SMILES string of the molecule is CN(C)C1(C(F)(F)F)CCCC1. The lowest BCUT2D eigenvalue weighted by Crippen LogP contribution is -2.53. The molecular weight excluding hydrogens is 167 g/mol. The fraction of sp³-hybridized carbons (Fsp3) is 1.00. The van der Waals surface area contributed by atoms with E-state index in [1.807, 2.05) is 0 Å². The molecule has 0 aromatic rings. The second-order valence-corrected chi connectivity index (χ2v) is 3.63. The van der Waals surface area contributed by atoms with Gasteiger partial charge in [-0.2, -0.15) is 13.2 Å². The van der Waals surface area contributed by atoms with Crippen LogP contribution >= 0.6 is 0 Å². The zero-order chi connectivity index (χ0) is 9.41. The van der Waals surface area contributed by atoms with Crippen LogP contribution in [-0.2, 0) is 0 Å². The van der Waals surface area contributed by atoms with Gasteiger partial charge in [-0.1, -0.05) is 12.8 Å². The number of alkyl halides is 3. The molecule has 4 heteroatoms. The van der Waals surface area contributed by atoms with Crippen molar-refractivity contribution >= 4 is 0 Å². The molecule has 0 aromatic carbocycles. The zero-order valence-corrected chi connectivity index (χ0v) is 7.41. The largest absolute Gasteiger partial charge is 0.406 e. The summed E-state index contributed by atoms with van der Waals surface area (Å²) in [5.74, 6) is 0. The Morgan fingerprint density at radius 2 is 1.50 bits per heavy atom. The van der Waals surface area contributed by atoms with Crippen LogP contribution in [0.4, 0.5) is 13.2 Å². The average molecular weight is 181 g/mol. The third-order valence-corrected chi connectivity index (χ3v) is 2.81. The molecule has 0 radical (unpaired) electrons. The number of hydrogen-bond donors (Lipinski definition) is 0.